The summed E-state index contributed by atoms with van der Waals surface area (Å²) in [6.07, 6.45) is 6.15. The van der Waals surface area contributed by atoms with Gasteiger partial charge in [0.05, 0.1) is 35.2 Å². The molecule has 1 spiro atoms. The summed E-state index contributed by atoms with van der Waals surface area (Å²) < 4.78 is 5.64. The molecule has 0 bridgehead atoms. The van der Waals surface area contributed by atoms with Gasteiger partial charge in [-0.2, -0.15) is 0 Å². The predicted molar refractivity (Wildman–Crippen MR) is 164 cm³/mol. The number of rotatable bonds is 6. The van der Waals surface area contributed by atoms with Gasteiger partial charge >= 0.3 is 6.09 Å². The zero-order chi connectivity index (χ0) is 28.6. The fourth-order valence-corrected chi connectivity index (χ4v) is 7.12. The Morgan fingerprint density at radius 2 is 1.88 bits per heavy atom. The highest BCUT2D eigenvalue weighted by Crippen LogP contribution is 2.52. The number of carbonyl (C=O) groups excluding carboxylic acids is 1. The van der Waals surface area contributed by atoms with E-state index >= 15 is 0 Å². The Hall–Kier alpha value is -3.01. The van der Waals surface area contributed by atoms with Gasteiger partial charge in [-0.05, 0) is 63.3 Å². The molecule has 6 rings (SSSR count). The minimum Gasteiger partial charge on any atom is -0.444 e. The first-order valence-corrected chi connectivity index (χ1v) is 15.5. The van der Waals surface area contributed by atoms with Crippen LogP contribution in [0.1, 0.15) is 50.8 Å². The summed E-state index contributed by atoms with van der Waals surface area (Å²) in [5, 5.41) is 11.5. The summed E-state index contributed by atoms with van der Waals surface area (Å²) in [7, 11) is 0. The van der Waals surface area contributed by atoms with Gasteiger partial charge in [0.2, 0.25) is 0 Å². The maximum Gasteiger partial charge on any atom is 0.408 e. The number of benzene rings is 2. The van der Waals surface area contributed by atoms with Crippen LogP contribution in [0.5, 0.6) is 0 Å². The van der Waals surface area contributed by atoms with Crippen LogP contribution in [0, 0.1) is 5.41 Å². The van der Waals surface area contributed by atoms with Crippen LogP contribution in [-0.4, -0.2) is 53.9 Å². The zero-order valence-electron chi connectivity index (χ0n) is 23.7. The number of halogens is 1. The van der Waals surface area contributed by atoms with Gasteiger partial charge in [-0.1, -0.05) is 53.7 Å². The fraction of sp³-hybridized carbons (Fsp3) is 0.452. The van der Waals surface area contributed by atoms with Crippen molar-refractivity contribution in [2.24, 2.45) is 5.41 Å². The number of amides is 1. The molecule has 1 aliphatic carbocycles. The van der Waals surface area contributed by atoms with Crippen molar-refractivity contribution in [3.05, 3.63) is 71.0 Å². The highest BCUT2D eigenvalue weighted by Gasteiger charge is 2.48. The van der Waals surface area contributed by atoms with E-state index in [1.54, 1.807) is 0 Å². The van der Waals surface area contributed by atoms with Crippen molar-refractivity contribution in [3.63, 3.8) is 0 Å². The molecule has 0 saturated carbocycles. The maximum atomic E-state index is 12.8. The number of fused-ring (bicyclic) bond motifs is 1. The van der Waals surface area contributed by atoms with Gasteiger partial charge < -0.3 is 25.6 Å². The van der Waals surface area contributed by atoms with Crippen LogP contribution in [0.15, 0.2) is 64.8 Å². The van der Waals surface area contributed by atoms with Crippen LogP contribution in [0.25, 0.3) is 0 Å². The minimum atomic E-state index is -0.541. The Labute approximate surface area is 251 Å². The molecule has 0 unspecified atom stereocenters. The van der Waals surface area contributed by atoms with Crippen molar-refractivity contribution in [2.45, 2.75) is 67.6 Å². The van der Waals surface area contributed by atoms with Crippen LogP contribution in [0.4, 0.5) is 16.3 Å². The fourth-order valence-electron chi connectivity index (χ4n) is 6.04. The number of hydrogen-bond donors (Lipinski definition) is 3. The number of nitrogens with zero attached hydrogens (tertiary/aromatic N) is 3. The van der Waals surface area contributed by atoms with E-state index in [0.717, 1.165) is 66.9 Å². The van der Waals surface area contributed by atoms with E-state index in [0.29, 0.717) is 11.1 Å². The molecule has 1 aromatic heterocycles. The number of alkyl carbamates (subject to hydrolysis) is 1. The van der Waals surface area contributed by atoms with E-state index in [4.69, 9.17) is 26.3 Å². The molecule has 3 aliphatic rings. The summed E-state index contributed by atoms with van der Waals surface area (Å²) in [5.41, 5.74) is 2.87. The molecular formula is C31H37ClN6O2S. The number of piperidine rings is 1. The van der Waals surface area contributed by atoms with Gasteiger partial charge in [0.1, 0.15) is 16.4 Å². The van der Waals surface area contributed by atoms with Gasteiger partial charge in [0.25, 0.3) is 0 Å². The quantitative estimate of drug-likeness (QED) is 0.317. The highest BCUT2D eigenvalue weighted by atomic mass is 35.5. The van der Waals surface area contributed by atoms with Crippen LogP contribution in [0.2, 0.25) is 5.02 Å². The third kappa shape index (κ3) is 6.12. The van der Waals surface area contributed by atoms with Crippen LogP contribution >= 0.6 is 23.4 Å². The molecule has 216 valence electrons. The number of anilines is 2. The summed E-state index contributed by atoms with van der Waals surface area (Å²) in [4.78, 5) is 25.6. The number of nitrogens with one attached hydrogen (secondary N) is 3. The van der Waals surface area contributed by atoms with Crippen LogP contribution in [-0.2, 0) is 11.2 Å². The van der Waals surface area contributed by atoms with Crippen molar-refractivity contribution >= 4 is 41.0 Å². The van der Waals surface area contributed by atoms with E-state index in [2.05, 4.69) is 45.1 Å². The molecule has 2 fully saturated rings. The number of ether oxygens (including phenoxy) is 1. The van der Waals surface area contributed by atoms with Crippen molar-refractivity contribution in [1.29, 1.82) is 0 Å². The largest absolute Gasteiger partial charge is 0.444 e. The lowest BCUT2D eigenvalue weighted by atomic mass is 9.72. The Morgan fingerprint density at radius 3 is 2.56 bits per heavy atom. The maximum absolute atomic E-state index is 12.8. The number of aromatic nitrogens is 2. The standard InChI is InChI=1S/C31H37ClN6O2S/c1-30(2,3)40-29(39)37-28-22-8-5-4-7-20(22)15-31(28)11-13-38(14-12-31)25-18-35-26(19-34-25)41-24-10-6-9-23(27(24)32)36-21-16-33-17-21/h4-10,18-19,21,28,33,36H,11-17H2,1-3H3,(H,37,39)/t28-/m1/s1. The first-order valence-electron chi connectivity index (χ1n) is 14.3. The van der Waals surface area contributed by atoms with Gasteiger partial charge in [0.15, 0.2) is 0 Å². The molecule has 0 radical (unpaired) electrons. The van der Waals surface area contributed by atoms with E-state index in [1.165, 1.54) is 22.9 Å². The summed E-state index contributed by atoms with van der Waals surface area (Å²) in [5.74, 6) is 0.871. The SMILES string of the molecule is CC(C)(C)OC(=O)N[C@@H]1c2ccccc2CC12CCN(c1cnc(Sc3cccc(NC4CNC4)c3Cl)cn1)CC2. The van der Waals surface area contributed by atoms with Crippen molar-refractivity contribution < 1.29 is 9.53 Å². The van der Waals surface area contributed by atoms with Crippen molar-refractivity contribution in [1.82, 2.24) is 20.6 Å². The lowest BCUT2D eigenvalue weighted by Gasteiger charge is -2.43. The Morgan fingerprint density at radius 1 is 1.10 bits per heavy atom. The molecule has 2 saturated heterocycles. The average molecular weight is 593 g/mol. The molecule has 1 amide bonds. The summed E-state index contributed by atoms with van der Waals surface area (Å²) in [6, 6.07) is 14.8. The normalized spacial score (nSPS) is 19.9. The molecule has 2 aliphatic heterocycles. The van der Waals surface area contributed by atoms with E-state index in [1.807, 2.05) is 51.4 Å². The monoisotopic (exact) mass is 592 g/mol. The van der Waals surface area contributed by atoms with Gasteiger partial charge in [-0.3, -0.25) is 0 Å². The molecule has 3 N–H and O–H groups in total. The minimum absolute atomic E-state index is 0.0499. The topological polar surface area (TPSA) is 91.4 Å². The molecular weight excluding hydrogens is 556 g/mol. The second-order valence-electron chi connectivity index (χ2n) is 12.2. The molecule has 10 heteroatoms. The highest BCUT2D eigenvalue weighted by molar-refractivity contribution is 7.99. The van der Waals surface area contributed by atoms with Crippen LogP contribution < -0.4 is 20.9 Å². The lowest BCUT2D eigenvalue weighted by Crippen LogP contribution is -2.51. The number of hydrogen-bond acceptors (Lipinski definition) is 8. The first kappa shape index (κ1) is 28.1. The Kier molecular flexibility index (Phi) is 7.78. The summed E-state index contributed by atoms with van der Waals surface area (Å²) >= 11 is 8.23. The molecule has 1 atom stereocenters. The Bertz CT molecular complexity index is 1400. The predicted octanol–water partition coefficient (Wildman–Crippen LogP) is 6.07. The summed E-state index contributed by atoms with van der Waals surface area (Å²) in [6.45, 7) is 9.27. The number of carbonyl (C=O) groups is 1. The molecule has 2 aromatic carbocycles. The van der Waals surface area contributed by atoms with Gasteiger partial charge in [-0.15, -0.1) is 0 Å². The second-order valence-corrected chi connectivity index (χ2v) is 13.7. The third-order valence-electron chi connectivity index (χ3n) is 8.20. The average Bonchev–Trinajstić information content (AvgIpc) is 3.20. The Balaban J connectivity index is 1.11. The second kappa shape index (κ2) is 11.3. The lowest BCUT2D eigenvalue weighted by molar-refractivity contribution is 0.0428. The third-order valence-corrected chi connectivity index (χ3v) is 9.70. The molecule has 3 heterocycles. The van der Waals surface area contributed by atoms with E-state index in [9.17, 15) is 4.79 Å². The van der Waals surface area contributed by atoms with Crippen molar-refractivity contribution in [2.75, 3.05) is 36.4 Å². The zero-order valence-corrected chi connectivity index (χ0v) is 25.3. The molecule has 8 nitrogen and oxygen atoms in total. The van der Waals surface area contributed by atoms with E-state index in [-0.39, 0.29) is 17.6 Å². The molecule has 41 heavy (non-hydrogen) atoms. The van der Waals surface area contributed by atoms with Gasteiger partial charge in [-0.25, -0.2) is 14.8 Å². The van der Waals surface area contributed by atoms with Crippen molar-refractivity contribution in [3.8, 4) is 0 Å². The molecule has 3 aromatic rings. The first-order chi connectivity index (χ1) is 19.7. The smallest absolute Gasteiger partial charge is 0.408 e. The van der Waals surface area contributed by atoms with Gasteiger partial charge in [0, 0.05) is 36.5 Å². The van der Waals surface area contributed by atoms with E-state index < -0.39 is 5.60 Å². The van der Waals surface area contributed by atoms with Crippen LogP contribution in [0.3, 0.4) is 0 Å².